The van der Waals surface area contributed by atoms with E-state index >= 15 is 0 Å². The summed E-state index contributed by atoms with van der Waals surface area (Å²) < 4.78 is 2.96. The predicted octanol–water partition coefficient (Wildman–Crippen LogP) is 16.7. The number of fused-ring (bicyclic) bond motifs is 10. The molecule has 6 aromatic rings. The normalized spacial score (nSPS) is 24.3. The van der Waals surface area contributed by atoms with Crippen molar-refractivity contribution in [1.82, 2.24) is 0 Å². The van der Waals surface area contributed by atoms with Crippen molar-refractivity contribution in [2.45, 2.75) is 212 Å². The lowest BCUT2D eigenvalue weighted by Crippen LogP contribution is -2.60. The summed E-state index contributed by atoms with van der Waals surface area (Å²) in [5, 5.41) is 1.45. The van der Waals surface area contributed by atoms with Gasteiger partial charge in [-0.1, -0.05) is 135 Å². The van der Waals surface area contributed by atoms with Crippen LogP contribution in [0.4, 0.5) is 34.1 Å². The van der Waals surface area contributed by atoms with Crippen molar-refractivity contribution in [3.8, 4) is 0 Å². The molecule has 1 fully saturated rings. The molecule has 4 heteroatoms. The average Bonchev–Trinajstić information content (AvgIpc) is 3.64. The van der Waals surface area contributed by atoms with Crippen molar-refractivity contribution in [3.05, 3.63) is 123 Å². The van der Waals surface area contributed by atoms with Crippen LogP contribution in [-0.4, -0.2) is 6.71 Å². The second kappa shape index (κ2) is 14.0. The predicted molar refractivity (Wildman–Crippen MR) is 302 cm³/mol. The highest BCUT2D eigenvalue weighted by molar-refractivity contribution is 7.33. The molecule has 0 saturated heterocycles. The third kappa shape index (κ3) is 6.47. The summed E-state index contributed by atoms with van der Waals surface area (Å²) in [7, 11) is 0. The molecule has 0 unspecified atom stereocenters. The fourth-order valence-electron chi connectivity index (χ4n) is 14.5. The Hall–Kier alpha value is -4.28. The molecule has 3 heterocycles. The first-order valence-electron chi connectivity index (χ1n) is 26.9. The van der Waals surface area contributed by atoms with Crippen molar-refractivity contribution in [3.63, 3.8) is 0 Å². The fraction of sp³-hybridized carbons (Fsp3) is 0.508. The number of hydrogen-bond acceptors (Lipinski definition) is 3. The van der Waals surface area contributed by atoms with Gasteiger partial charge in [0.25, 0.3) is 6.71 Å². The van der Waals surface area contributed by atoms with E-state index in [0.717, 1.165) is 0 Å². The molecular weight excluding hydrogens is 852 g/mol. The molecule has 0 radical (unpaired) electrons. The lowest BCUT2D eigenvalue weighted by atomic mass is 9.36. The van der Waals surface area contributed by atoms with E-state index in [1.807, 2.05) is 0 Å². The van der Waals surface area contributed by atoms with Crippen LogP contribution in [0.25, 0.3) is 10.1 Å². The Balaban J connectivity index is 1.23. The van der Waals surface area contributed by atoms with Gasteiger partial charge in [0.2, 0.25) is 0 Å². The van der Waals surface area contributed by atoms with Crippen molar-refractivity contribution >= 4 is 78.0 Å². The minimum Gasteiger partial charge on any atom is -0.311 e. The molecule has 2 nitrogen and oxygen atoms in total. The van der Waals surface area contributed by atoms with Gasteiger partial charge >= 0.3 is 0 Å². The van der Waals surface area contributed by atoms with E-state index in [-0.39, 0.29) is 50.0 Å². The van der Waals surface area contributed by atoms with E-state index in [0.29, 0.717) is 0 Å². The molecule has 5 aliphatic carbocycles. The molecule has 0 amide bonds. The molecule has 69 heavy (non-hydrogen) atoms. The Labute approximate surface area is 420 Å². The van der Waals surface area contributed by atoms with E-state index in [2.05, 4.69) is 212 Å². The lowest BCUT2D eigenvalue weighted by molar-refractivity contribution is 0.188. The highest BCUT2D eigenvalue weighted by Crippen LogP contribution is 2.60. The van der Waals surface area contributed by atoms with Crippen molar-refractivity contribution in [2.75, 3.05) is 9.80 Å². The van der Waals surface area contributed by atoms with Gasteiger partial charge in [0.1, 0.15) is 0 Å². The van der Waals surface area contributed by atoms with Gasteiger partial charge in [-0.05, 0) is 211 Å². The third-order valence-corrected chi connectivity index (χ3v) is 21.0. The standard InChI is InChI=1S/C65H79BN2S/c1-38-30-44-46(63(14,15)25-24-61(44,10)11)36-51(38)68-50-21-18-39(58(2,3)4)31-49(50)66-55-52(32-40(33-53(55)68)59(5,6)7)67(41-19-20-43-45(34-41)62(12,13)23-22-60(43,8)9)56-42-35-47-48(37-54(42)69-57(56)66)65(17)28-26-64(47,16)27-29-65/h18-21,30-37H,22-29H2,1-17H3. The number of thiophene rings is 1. The van der Waals surface area contributed by atoms with Gasteiger partial charge < -0.3 is 9.80 Å². The van der Waals surface area contributed by atoms with E-state index in [1.165, 1.54) is 150 Å². The maximum absolute atomic E-state index is 2.80. The van der Waals surface area contributed by atoms with E-state index in [1.54, 1.807) is 11.1 Å². The quantitative estimate of drug-likeness (QED) is 0.159. The third-order valence-electron chi connectivity index (χ3n) is 19.8. The van der Waals surface area contributed by atoms with Crippen LogP contribution in [0, 0.1) is 6.92 Å². The largest absolute Gasteiger partial charge is 0.311 e. The zero-order valence-corrected chi connectivity index (χ0v) is 46.3. The molecular formula is C65H79BN2S. The zero-order valence-electron chi connectivity index (χ0n) is 45.5. The minimum absolute atomic E-state index is 0.00692. The van der Waals surface area contributed by atoms with E-state index in [9.17, 15) is 0 Å². The number of aryl methyl sites for hydroxylation is 1. The van der Waals surface area contributed by atoms with Crippen LogP contribution in [0.3, 0.4) is 0 Å². The second-order valence-electron chi connectivity index (χ2n) is 28.6. The summed E-state index contributed by atoms with van der Waals surface area (Å²) in [6, 6.07) is 31.2. The molecule has 1 saturated carbocycles. The van der Waals surface area contributed by atoms with Crippen LogP contribution in [0.15, 0.2) is 72.8 Å². The summed E-state index contributed by atoms with van der Waals surface area (Å²) in [6.45, 7) is 42.0. The van der Waals surface area contributed by atoms with Gasteiger partial charge in [0.15, 0.2) is 0 Å². The highest BCUT2D eigenvalue weighted by Gasteiger charge is 2.51. The van der Waals surface area contributed by atoms with Gasteiger partial charge in [-0.2, -0.15) is 0 Å². The molecule has 2 aliphatic heterocycles. The molecule has 7 aliphatic rings. The smallest absolute Gasteiger partial charge is 0.264 e. The van der Waals surface area contributed by atoms with Crippen LogP contribution in [0.1, 0.15) is 212 Å². The number of rotatable bonds is 2. The number of benzene rings is 5. The Kier molecular flexibility index (Phi) is 9.31. The second-order valence-corrected chi connectivity index (χ2v) is 29.7. The Morgan fingerprint density at radius 3 is 1.57 bits per heavy atom. The average molecular weight is 931 g/mol. The van der Waals surface area contributed by atoms with E-state index < -0.39 is 0 Å². The Bertz CT molecular complexity index is 3200. The molecule has 5 aromatic carbocycles. The van der Waals surface area contributed by atoms with Gasteiger partial charge in [-0.3, -0.25) is 0 Å². The Morgan fingerprint density at radius 2 is 0.986 bits per heavy atom. The summed E-state index contributed by atoms with van der Waals surface area (Å²) in [5.41, 5.74) is 25.3. The summed E-state index contributed by atoms with van der Waals surface area (Å²) in [5.74, 6) is 0. The number of hydrogen-bond donors (Lipinski definition) is 0. The van der Waals surface area contributed by atoms with Crippen LogP contribution in [-0.2, 0) is 43.3 Å². The summed E-state index contributed by atoms with van der Waals surface area (Å²) >= 11 is 2.11. The fourth-order valence-corrected chi connectivity index (χ4v) is 15.9. The molecule has 1 aromatic heterocycles. The maximum atomic E-state index is 2.80. The highest BCUT2D eigenvalue weighted by atomic mass is 32.1. The Morgan fingerprint density at radius 1 is 0.464 bits per heavy atom. The number of anilines is 6. The molecule has 0 spiro atoms. The molecule has 358 valence electrons. The van der Waals surface area contributed by atoms with Crippen molar-refractivity contribution in [2.24, 2.45) is 0 Å². The van der Waals surface area contributed by atoms with Crippen molar-refractivity contribution < 1.29 is 0 Å². The van der Waals surface area contributed by atoms with Crippen LogP contribution in [0.2, 0.25) is 0 Å². The first kappa shape index (κ1) is 45.8. The van der Waals surface area contributed by atoms with Crippen LogP contribution in [0.5, 0.6) is 0 Å². The zero-order chi connectivity index (χ0) is 49.1. The number of nitrogens with zero attached hydrogens (tertiary/aromatic N) is 2. The van der Waals surface area contributed by atoms with Gasteiger partial charge in [-0.15, -0.1) is 11.3 Å². The molecule has 2 bridgehead atoms. The first-order valence-corrected chi connectivity index (χ1v) is 27.7. The van der Waals surface area contributed by atoms with Crippen LogP contribution < -0.4 is 25.5 Å². The van der Waals surface area contributed by atoms with Gasteiger partial charge in [0.05, 0.1) is 5.69 Å². The molecule has 13 rings (SSSR count). The maximum Gasteiger partial charge on any atom is 0.264 e. The topological polar surface area (TPSA) is 6.48 Å². The minimum atomic E-state index is -0.0904. The van der Waals surface area contributed by atoms with E-state index in [4.69, 9.17) is 0 Å². The van der Waals surface area contributed by atoms with Gasteiger partial charge in [0, 0.05) is 43.3 Å². The van der Waals surface area contributed by atoms with Crippen molar-refractivity contribution in [1.29, 1.82) is 0 Å². The molecule has 0 N–H and O–H groups in total. The SMILES string of the molecule is Cc1cc2c(cc1N1c3ccc(C(C)(C)C)cc3B3c4sc5cc6c(cc5c4N(c4ccc5c(c4)C(C)(C)CCC5(C)C)c4cc(C(C)(C)C)cc1c43)C1(C)CCC6(C)CC1)C(C)(C)CCC2(C)C. The van der Waals surface area contributed by atoms with Gasteiger partial charge in [-0.25, -0.2) is 0 Å². The summed E-state index contributed by atoms with van der Waals surface area (Å²) in [6.07, 6.45) is 9.97. The lowest BCUT2D eigenvalue weighted by Gasteiger charge is -2.52. The summed E-state index contributed by atoms with van der Waals surface area (Å²) in [4.78, 5) is 5.54. The first-order chi connectivity index (χ1) is 32.0. The molecule has 0 atom stereocenters. The monoisotopic (exact) mass is 931 g/mol. The van der Waals surface area contributed by atoms with Crippen LogP contribution >= 0.6 is 11.3 Å².